The highest BCUT2D eigenvalue weighted by Crippen LogP contribution is 2.31. The fraction of sp³-hybridized carbons (Fsp3) is 0.0556. The molecule has 148 valence electrons. The summed E-state index contributed by atoms with van der Waals surface area (Å²) in [5.74, 6) is -0.000626. The minimum atomic E-state index is -0.521. The van der Waals surface area contributed by atoms with Gasteiger partial charge >= 0.3 is 0 Å². The predicted molar refractivity (Wildman–Crippen MR) is 115 cm³/mol. The number of nitro groups is 1. The summed E-state index contributed by atoms with van der Waals surface area (Å²) in [4.78, 5) is 23.0. The first kappa shape index (κ1) is 20.8. The molecule has 1 N–H and O–H groups in total. The van der Waals surface area contributed by atoms with Crippen LogP contribution in [0.5, 0.6) is 5.75 Å². The normalized spacial score (nSPS) is 16.6. The molecule has 0 spiro atoms. The summed E-state index contributed by atoms with van der Waals surface area (Å²) in [6.07, 6.45) is 2.93. The van der Waals surface area contributed by atoms with Crippen LogP contribution in [0, 0.1) is 10.1 Å². The minimum Gasteiger partial charge on any atom is -0.496 e. The molecule has 1 saturated heterocycles. The number of halogens is 2. The molecule has 0 aliphatic carbocycles. The second-order valence-corrected chi connectivity index (χ2v) is 7.44. The van der Waals surface area contributed by atoms with Gasteiger partial charge in [-0.05, 0) is 36.0 Å². The van der Waals surface area contributed by atoms with Crippen molar-refractivity contribution in [3.05, 3.63) is 72.6 Å². The van der Waals surface area contributed by atoms with E-state index in [0.717, 1.165) is 11.8 Å². The van der Waals surface area contributed by atoms with E-state index in [2.05, 4.69) is 15.5 Å². The Morgan fingerprint density at radius 1 is 1.21 bits per heavy atom. The molecule has 0 radical (unpaired) electrons. The quantitative estimate of drug-likeness (QED) is 0.312. The smallest absolute Gasteiger partial charge is 0.270 e. The Balaban J connectivity index is 1.81. The topological polar surface area (TPSA) is 106 Å². The van der Waals surface area contributed by atoms with E-state index in [4.69, 9.17) is 27.9 Å². The zero-order valence-corrected chi connectivity index (χ0v) is 17.1. The van der Waals surface area contributed by atoms with Crippen molar-refractivity contribution in [3.8, 4) is 5.75 Å². The molecule has 0 atom stereocenters. The molecular weight excluding hydrogens is 439 g/mol. The first-order valence-corrected chi connectivity index (χ1v) is 9.54. The van der Waals surface area contributed by atoms with Gasteiger partial charge in [-0.15, -0.1) is 5.10 Å². The number of carbonyl (C=O) groups is 1. The summed E-state index contributed by atoms with van der Waals surface area (Å²) in [6.45, 7) is 0. The fourth-order valence-corrected chi connectivity index (χ4v) is 3.54. The van der Waals surface area contributed by atoms with Gasteiger partial charge in [-0.25, -0.2) is 0 Å². The van der Waals surface area contributed by atoms with Crippen molar-refractivity contribution in [1.82, 2.24) is 5.32 Å². The van der Waals surface area contributed by atoms with Crippen molar-refractivity contribution < 1.29 is 14.5 Å². The van der Waals surface area contributed by atoms with E-state index in [0.29, 0.717) is 31.8 Å². The third-order valence-corrected chi connectivity index (χ3v) is 5.13. The summed E-state index contributed by atoms with van der Waals surface area (Å²) in [6, 6.07) is 9.06. The van der Waals surface area contributed by atoms with Crippen LogP contribution in [0.1, 0.15) is 11.1 Å². The number of rotatable bonds is 5. The van der Waals surface area contributed by atoms with E-state index in [1.807, 2.05) is 0 Å². The SMILES string of the molecule is COc1ccc([N+](=O)[O-])cc1/C=C1\SC(=NN=Cc2ccc(Cl)cc2Cl)NC1=O. The first-order valence-electron chi connectivity index (χ1n) is 7.97. The maximum Gasteiger partial charge on any atom is 0.270 e. The standard InChI is InChI=1S/C18H12Cl2N4O4S/c1-28-15-5-4-13(24(26)27)6-11(15)7-16-17(25)22-18(29-16)23-21-9-10-2-3-12(19)8-14(10)20/h2-9H,1H3,(H,22,23,25)/b16-7-,21-9?. The molecule has 1 fully saturated rings. The number of methoxy groups -OCH3 is 1. The lowest BCUT2D eigenvalue weighted by atomic mass is 10.1. The Kier molecular flexibility index (Phi) is 6.53. The van der Waals surface area contributed by atoms with Gasteiger partial charge in [-0.1, -0.05) is 29.3 Å². The zero-order chi connectivity index (χ0) is 21.0. The molecule has 1 heterocycles. The average molecular weight is 451 g/mol. The van der Waals surface area contributed by atoms with Crippen molar-refractivity contribution in [2.75, 3.05) is 7.11 Å². The fourth-order valence-electron chi connectivity index (χ4n) is 2.31. The molecule has 1 aliphatic rings. The van der Waals surface area contributed by atoms with Crippen LogP contribution in [0.3, 0.4) is 0 Å². The van der Waals surface area contributed by atoms with E-state index in [-0.39, 0.29) is 10.9 Å². The van der Waals surface area contributed by atoms with Crippen molar-refractivity contribution in [3.63, 3.8) is 0 Å². The number of non-ortho nitro benzene ring substituents is 1. The van der Waals surface area contributed by atoms with Crippen molar-refractivity contribution in [2.24, 2.45) is 10.2 Å². The maximum absolute atomic E-state index is 12.2. The molecule has 2 aromatic rings. The highest BCUT2D eigenvalue weighted by atomic mass is 35.5. The van der Waals surface area contributed by atoms with Gasteiger partial charge in [0.2, 0.25) is 0 Å². The van der Waals surface area contributed by atoms with Crippen molar-refractivity contribution in [2.45, 2.75) is 0 Å². The van der Waals surface area contributed by atoms with Gasteiger partial charge in [0.15, 0.2) is 5.17 Å². The van der Waals surface area contributed by atoms with Crippen molar-refractivity contribution >= 4 is 64.0 Å². The number of carbonyl (C=O) groups excluding carboxylic acids is 1. The van der Waals surface area contributed by atoms with E-state index in [9.17, 15) is 14.9 Å². The highest BCUT2D eigenvalue weighted by Gasteiger charge is 2.24. The number of ether oxygens (including phenoxy) is 1. The molecule has 29 heavy (non-hydrogen) atoms. The lowest BCUT2D eigenvalue weighted by molar-refractivity contribution is -0.384. The van der Waals surface area contributed by atoms with Crippen LogP contribution in [0.25, 0.3) is 6.08 Å². The van der Waals surface area contributed by atoms with Gasteiger partial charge in [0.25, 0.3) is 11.6 Å². The van der Waals surface area contributed by atoms with Gasteiger partial charge < -0.3 is 4.74 Å². The molecule has 1 aliphatic heterocycles. The molecule has 1 amide bonds. The Morgan fingerprint density at radius 2 is 2.00 bits per heavy atom. The number of benzene rings is 2. The lowest BCUT2D eigenvalue weighted by Gasteiger charge is -2.04. The summed E-state index contributed by atoms with van der Waals surface area (Å²) < 4.78 is 5.20. The number of amidine groups is 1. The molecule has 0 bridgehead atoms. The molecule has 0 aromatic heterocycles. The number of nitro benzene ring substituents is 1. The van der Waals surface area contributed by atoms with Crippen LogP contribution >= 0.6 is 35.0 Å². The lowest BCUT2D eigenvalue weighted by Crippen LogP contribution is -2.19. The molecule has 0 saturated carbocycles. The largest absolute Gasteiger partial charge is 0.496 e. The Labute approximate surface area is 179 Å². The molecule has 3 rings (SSSR count). The predicted octanol–water partition coefficient (Wildman–Crippen LogP) is 4.50. The molecule has 8 nitrogen and oxygen atoms in total. The Hall–Kier alpha value is -2.88. The second kappa shape index (κ2) is 9.08. The summed E-state index contributed by atoms with van der Waals surface area (Å²) >= 11 is 12.9. The van der Waals surface area contributed by atoms with Gasteiger partial charge in [0.1, 0.15) is 5.75 Å². The number of thioether (sulfide) groups is 1. The van der Waals surface area contributed by atoms with Crippen molar-refractivity contribution in [1.29, 1.82) is 0 Å². The average Bonchev–Trinajstić information content (AvgIpc) is 3.02. The first-order chi connectivity index (χ1) is 13.9. The third kappa shape index (κ3) is 5.14. The van der Waals surface area contributed by atoms with Crippen LogP contribution in [0.2, 0.25) is 10.0 Å². The van der Waals surface area contributed by atoms with Crippen LogP contribution < -0.4 is 10.1 Å². The zero-order valence-electron chi connectivity index (χ0n) is 14.8. The van der Waals surface area contributed by atoms with Gasteiger partial charge in [0, 0.05) is 28.3 Å². The Morgan fingerprint density at radius 3 is 2.69 bits per heavy atom. The van der Waals surface area contributed by atoms with Crippen LogP contribution in [0.4, 0.5) is 5.69 Å². The van der Waals surface area contributed by atoms with E-state index < -0.39 is 10.8 Å². The van der Waals surface area contributed by atoms with E-state index >= 15 is 0 Å². The number of hydrogen-bond acceptors (Lipinski definition) is 7. The Bertz CT molecular complexity index is 1090. The van der Waals surface area contributed by atoms with Gasteiger partial charge in [0.05, 0.1) is 28.2 Å². The number of nitrogens with one attached hydrogen (secondary N) is 1. The highest BCUT2D eigenvalue weighted by molar-refractivity contribution is 8.18. The number of nitrogens with zero attached hydrogens (tertiary/aromatic N) is 3. The molecule has 11 heteroatoms. The van der Waals surface area contributed by atoms with Crippen LogP contribution in [-0.4, -0.2) is 29.3 Å². The van der Waals surface area contributed by atoms with Crippen LogP contribution in [-0.2, 0) is 4.79 Å². The number of hydrogen-bond donors (Lipinski definition) is 1. The molecular formula is C18H12Cl2N4O4S. The monoisotopic (exact) mass is 450 g/mol. The molecule has 0 unspecified atom stereocenters. The van der Waals surface area contributed by atoms with Gasteiger partial charge in [-0.3, -0.25) is 20.2 Å². The van der Waals surface area contributed by atoms with E-state index in [1.54, 1.807) is 18.2 Å². The number of amides is 1. The summed E-state index contributed by atoms with van der Waals surface area (Å²) in [7, 11) is 1.44. The summed E-state index contributed by atoms with van der Waals surface area (Å²) in [5.41, 5.74) is 0.906. The molecule has 2 aromatic carbocycles. The van der Waals surface area contributed by atoms with Gasteiger partial charge in [-0.2, -0.15) is 5.10 Å². The minimum absolute atomic E-state index is 0.112. The third-order valence-electron chi connectivity index (χ3n) is 3.67. The second-order valence-electron chi connectivity index (χ2n) is 5.56. The maximum atomic E-state index is 12.2. The van der Waals surface area contributed by atoms with E-state index in [1.165, 1.54) is 37.6 Å². The van der Waals surface area contributed by atoms with Crippen LogP contribution in [0.15, 0.2) is 51.5 Å². The summed E-state index contributed by atoms with van der Waals surface area (Å²) in [5, 5.41) is 22.6.